The van der Waals surface area contributed by atoms with Crippen LogP contribution in [0.2, 0.25) is 5.02 Å². The number of carbonyl (C=O) groups is 1. The molecule has 0 unspecified atom stereocenters. The van der Waals surface area contributed by atoms with Crippen molar-refractivity contribution in [2.45, 2.75) is 18.7 Å². The summed E-state index contributed by atoms with van der Waals surface area (Å²) in [5.41, 5.74) is 6.22. The molecule has 1 heterocycles. The molecule has 0 aliphatic heterocycles. The molecule has 1 aromatic carbocycles. The van der Waals surface area contributed by atoms with Crippen LogP contribution < -0.4 is 5.73 Å². The van der Waals surface area contributed by atoms with Crippen molar-refractivity contribution in [3.63, 3.8) is 0 Å². The van der Waals surface area contributed by atoms with Gasteiger partial charge in [-0.15, -0.1) is 0 Å². The van der Waals surface area contributed by atoms with Gasteiger partial charge in [0.25, 0.3) is 0 Å². The van der Waals surface area contributed by atoms with E-state index in [2.05, 4.69) is 4.98 Å². The third-order valence-electron chi connectivity index (χ3n) is 2.85. The minimum atomic E-state index is -4.38. The largest absolute Gasteiger partial charge is 0.480 e. The predicted octanol–water partition coefficient (Wildman–Crippen LogP) is 0.779. The SMILES string of the molecule is N[C@H](Cc1nc2c(Cl)cccc2n1CP(=O)(O)O)C(=O)O. The molecule has 2 rings (SSSR count). The van der Waals surface area contributed by atoms with E-state index in [0.717, 1.165) is 0 Å². The molecule has 0 saturated heterocycles. The molecule has 0 spiro atoms. The first kappa shape index (κ1) is 15.9. The van der Waals surface area contributed by atoms with Crippen molar-refractivity contribution in [1.29, 1.82) is 0 Å². The summed E-state index contributed by atoms with van der Waals surface area (Å²) in [5.74, 6) is -1.06. The molecule has 1 atom stereocenters. The Morgan fingerprint density at radius 3 is 2.71 bits per heavy atom. The Morgan fingerprint density at radius 2 is 2.14 bits per heavy atom. The number of carboxylic acids is 1. The summed E-state index contributed by atoms with van der Waals surface area (Å²) in [6.07, 6.45) is -0.786. The second-order valence-corrected chi connectivity index (χ2v) is 6.54. The number of aromatic nitrogens is 2. The van der Waals surface area contributed by atoms with Crippen LogP contribution >= 0.6 is 19.2 Å². The molecule has 21 heavy (non-hydrogen) atoms. The van der Waals surface area contributed by atoms with Crippen molar-refractivity contribution >= 4 is 36.2 Å². The maximum absolute atomic E-state index is 11.3. The van der Waals surface area contributed by atoms with E-state index in [1.54, 1.807) is 18.2 Å². The lowest BCUT2D eigenvalue weighted by molar-refractivity contribution is -0.138. The van der Waals surface area contributed by atoms with Crippen LogP contribution in [0.1, 0.15) is 5.82 Å². The van der Waals surface area contributed by atoms with Crippen LogP contribution in [0.3, 0.4) is 0 Å². The van der Waals surface area contributed by atoms with Crippen LogP contribution in [0.4, 0.5) is 0 Å². The van der Waals surface area contributed by atoms with Gasteiger partial charge in [-0.2, -0.15) is 0 Å². The minimum Gasteiger partial charge on any atom is -0.480 e. The lowest BCUT2D eigenvalue weighted by Crippen LogP contribution is -2.33. The second-order valence-electron chi connectivity index (χ2n) is 4.52. The van der Waals surface area contributed by atoms with Crippen molar-refractivity contribution in [3.05, 3.63) is 29.0 Å². The molecule has 1 aromatic heterocycles. The van der Waals surface area contributed by atoms with Crippen molar-refractivity contribution in [2.75, 3.05) is 0 Å². The predicted molar refractivity (Wildman–Crippen MR) is 76.1 cm³/mol. The van der Waals surface area contributed by atoms with Crippen molar-refractivity contribution < 1.29 is 24.3 Å². The summed E-state index contributed by atoms with van der Waals surface area (Å²) in [5, 5.41) is 9.16. The second kappa shape index (κ2) is 5.75. The van der Waals surface area contributed by atoms with Crippen LogP contribution in [0.25, 0.3) is 11.0 Å². The fourth-order valence-corrected chi connectivity index (χ4v) is 2.84. The fourth-order valence-electron chi connectivity index (χ4n) is 1.94. The molecule has 8 nitrogen and oxygen atoms in total. The van der Waals surface area contributed by atoms with E-state index >= 15 is 0 Å². The number of nitrogens with zero attached hydrogens (tertiary/aromatic N) is 2. The molecule has 2 aromatic rings. The molecule has 0 saturated carbocycles. The Balaban J connectivity index is 2.57. The topological polar surface area (TPSA) is 139 Å². The van der Waals surface area contributed by atoms with Crippen LogP contribution in [-0.4, -0.2) is 36.5 Å². The highest BCUT2D eigenvalue weighted by Gasteiger charge is 2.23. The van der Waals surface area contributed by atoms with Gasteiger partial charge in [-0.25, -0.2) is 4.98 Å². The maximum atomic E-state index is 11.3. The highest BCUT2D eigenvalue weighted by Crippen LogP contribution is 2.39. The summed E-state index contributed by atoms with van der Waals surface area (Å²) < 4.78 is 12.5. The van der Waals surface area contributed by atoms with Crippen LogP contribution in [0.15, 0.2) is 18.2 Å². The number of fused-ring (bicyclic) bond motifs is 1. The van der Waals surface area contributed by atoms with Crippen molar-refractivity contribution in [3.8, 4) is 0 Å². The zero-order chi connectivity index (χ0) is 15.8. The fraction of sp³-hybridized carbons (Fsp3) is 0.273. The lowest BCUT2D eigenvalue weighted by atomic mass is 10.2. The molecule has 5 N–H and O–H groups in total. The number of aliphatic carboxylic acids is 1. The third-order valence-corrected chi connectivity index (χ3v) is 3.81. The van der Waals surface area contributed by atoms with Gasteiger partial charge in [-0.05, 0) is 12.1 Å². The van der Waals surface area contributed by atoms with Gasteiger partial charge in [0.1, 0.15) is 23.7 Å². The Kier molecular flexibility index (Phi) is 4.36. The van der Waals surface area contributed by atoms with Crippen molar-refractivity contribution in [1.82, 2.24) is 9.55 Å². The monoisotopic (exact) mass is 333 g/mol. The molecule has 0 aliphatic carbocycles. The van der Waals surface area contributed by atoms with E-state index < -0.39 is 25.9 Å². The summed E-state index contributed by atoms with van der Waals surface area (Å²) >= 11 is 6.00. The quantitative estimate of drug-likeness (QED) is 0.593. The molecule has 0 amide bonds. The number of hydrogen-bond acceptors (Lipinski definition) is 4. The van der Waals surface area contributed by atoms with Crippen molar-refractivity contribution in [2.24, 2.45) is 5.73 Å². The molecule has 0 fully saturated rings. The Labute approximate surface area is 124 Å². The molecule has 0 aliphatic rings. The number of carboxylic acid groups (broad SMARTS) is 1. The maximum Gasteiger partial charge on any atom is 0.345 e. The first-order valence-corrected chi connectivity index (χ1v) is 8.03. The Bertz CT molecular complexity index is 741. The average molecular weight is 334 g/mol. The highest BCUT2D eigenvalue weighted by molar-refractivity contribution is 7.50. The lowest BCUT2D eigenvalue weighted by Gasteiger charge is -2.11. The standard InChI is InChI=1S/C11H13ClN3O5P/c12-6-2-1-3-8-10(6)14-9(4-7(13)11(16)17)15(8)5-21(18,19)20/h1-3,7H,4-5,13H2,(H,16,17)(H2,18,19,20)/t7-/m1/s1. The highest BCUT2D eigenvalue weighted by atomic mass is 35.5. The summed E-state index contributed by atoms with van der Waals surface area (Å²) in [6.45, 7) is 0. The summed E-state index contributed by atoms with van der Waals surface area (Å²) in [7, 11) is -4.38. The van der Waals surface area contributed by atoms with Gasteiger partial charge in [-0.3, -0.25) is 9.36 Å². The number of nitrogens with two attached hydrogens (primary N) is 1. The molecule has 114 valence electrons. The van der Waals surface area contributed by atoms with Gasteiger partial charge in [0.2, 0.25) is 0 Å². The zero-order valence-electron chi connectivity index (χ0n) is 10.7. The summed E-state index contributed by atoms with van der Waals surface area (Å²) in [6, 6.07) is 3.57. The van der Waals surface area contributed by atoms with E-state index in [9.17, 15) is 9.36 Å². The number of hydrogen-bond donors (Lipinski definition) is 4. The number of benzene rings is 1. The Hall–Kier alpha value is -1.44. The zero-order valence-corrected chi connectivity index (χ0v) is 12.3. The molecule has 10 heteroatoms. The summed E-state index contributed by atoms with van der Waals surface area (Å²) in [4.78, 5) is 33.3. The third kappa shape index (κ3) is 3.61. The van der Waals surface area contributed by atoms with Crippen LogP contribution in [0, 0.1) is 0 Å². The Morgan fingerprint density at radius 1 is 1.48 bits per heavy atom. The van der Waals surface area contributed by atoms with E-state index in [1.165, 1.54) is 4.57 Å². The van der Waals surface area contributed by atoms with Gasteiger partial charge in [0, 0.05) is 6.42 Å². The molecule has 0 bridgehead atoms. The van der Waals surface area contributed by atoms with Gasteiger partial charge in [0.05, 0.1) is 10.5 Å². The number of halogens is 1. The molecule has 0 radical (unpaired) electrons. The number of rotatable bonds is 5. The van der Waals surface area contributed by atoms with E-state index in [1.807, 2.05) is 0 Å². The van der Waals surface area contributed by atoms with Crippen LogP contribution in [0.5, 0.6) is 0 Å². The molecular formula is C11H13ClN3O5P. The normalized spacial score (nSPS) is 13.5. The van der Waals surface area contributed by atoms with Gasteiger partial charge in [-0.1, -0.05) is 17.7 Å². The average Bonchev–Trinajstić information content (AvgIpc) is 2.67. The first-order valence-electron chi connectivity index (χ1n) is 5.85. The van der Waals surface area contributed by atoms with Gasteiger partial charge < -0.3 is 25.2 Å². The number of para-hydroxylation sites is 1. The van der Waals surface area contributed by atoms with Gasteiger partial charge in [0.15, 0.2) is 0 Å². The molecular weight excluding hydrogens is 321 g/mol. The number of imidazole rings is 1. The first-order chi connectivity index (χ1) is 9.69. The smallest absolute Gasteiger partial charge is 0.345 e. The van der Waals surface area contributed by atoms with E-state index in [4.69, 9.17) is 32.2 Å². The van der Waals surface area contributed by atoms with E-state index in [0.29, 0.717) is 16.1 Å². The van der Waals surface area contributed by atoms with Gasteiger partial charge >= 0.3 is 13.6 Å². The van der Waals surface area contributed by atoms with E-state index in [-0.39, 0.29) is 12.2 Å². The minimum absolute atomic E-state index is 0.163. The van der Waals surface area contributed by atoms with Crippen LogP contribution in [-0.2, 0) is 22.1 Å².